The monoisotopic (exact) mass is 244 g/mol. The van der Waals surface area contributed by atoms with Gasteiger partial charge in [0.25, 0.3) is 0 Å². The van der Waals surface area contributed by atoms with E-state index in [-0.39, 0.29) is 5.92 Å². The van der Waals surface area contributed by atoms with Gasteiger partial charge in [0.05, 0.1) is 5.92 Å². The molecule has 1 atom stereocenters. The highest BCUT2D eigenvalue weighted by Gasteiger charge is 2.12. The Balaban J connectivity index is 2.40. The SMILES string of the molecule is Cc1ccc(C(C=O)c2cccc(Cl)c2)cc1. The van der Waals surface area contributed by atoms with Crippen molar-refractivity contribution in [2.75, 3.05) is 0 Å². The van der Waals surface area contributed by atoms with Crippen LogP contribution in [-0.2, 0) is 4.79 Å². The smallest absolute Gasteiger partial charge is 0.131 e. The summed E-state index contributed by atoms with van der Waals surface area (Å²) in [5.74, 6) is -0.241. The summed E-state index contributed by atoms with van der Waals surface area (Å²) in [5.41, 5.74) is 3.11. The van der Waals surface area contributed by atoms with E-state index in [9.17, 15) is 4.79 Å². The van der Waals surface area contributed by atoms with Crippen LogP contribution in [0.3, 0.4) is 0 Å². The number of aldehydes is 1. The quantitative estimate of drug-likeness (QED) is 0.747. The van der Waals surface area contributed by atoms with E-state index >= 15 is 0 Å². The maximum absolute atomic E-state index is 11.3. The highest BCUT2D eigenvalue weighted by molar-refractivity contribution is 6.30. The Morgan fingerprint density at radius 2 is 1.76 bits per heavy atom. The summed E-state index contributed by atoms with van der Waals surface area (Å²) in [6.45, 7) is 2.03. The zero-order valence-electron chi connectivity index (χ0n) is 9.56. The first kappa shape index (κ1) is 11.9. The largest absolute Gasteiger partial charge is 0.302 e. The van der Waals surface area contributed by atoms with Gasteiger partial charge in [-0.05, 0) is 30.2 Å². The van der Waals surface area contributed by atoms with E-state index in [2.05, 4.69) is 0 Å². The van der Waals surface area contributed by atoms with Crippen LogP contribution in [0, 0.1) is 6.92 Å². The molecule has 0 amide bonds. The maximum atomic E-state index is 11.3. The maximum Gasteiger partial charge on any atom is 0.131 e. The molecule has 0 aliphatic carbocycles. The number of benzene rings is 2. The first-order chi connectivity index (χ1) is 8.20. The van der Waals surface area contributed by atoms with Crippen LogP contribution in [0.5, 0.6) is 0 Å². The second-order valence-corrected chi connectivity index (χ2v) is 4.52. The van der Waals surface area contributed by atoms with Crippen molar-refractivity contribution < 1.29 is 4.79 Å². The second kappa shape index (κ2) is 5.15. The minimum atomic E-state index is -0.241. The molecule has 0 radical (unpaired) electrons. The van der Waals surface area contributed by atoms with Gasteiger partial charge in [-0.2, -0.15) is 0 Å². The van der Waals surface area contributed by atoms with Gasteiger partial charge >= 0.3 is 0 Å². The molecule has 0 aromatic heterocycles. The summed E-state index contributed by atoms with van der Waals surface area (Å²) < 4.78 is 0. The topological polar surface area (TPSA) is 17.1 Å². The van der Waals surface area contributed by atoms with Crippen LogP contribution in [0.15, 0.2) is 48.5 Å². The molecule has 0 aliphatic rings. The molecule has 0 fully saturated rings. The van der Waals surface area contributed by atoms with Crippen LogP contribution in [0.2, 0.25) is 5.02 Å². The average molecular weight is 245 g/mol. The molecule has 2 aromatic carbocycles. The van der Waals surface area contributed by atoms with Crippen molar-refractivity contribution in [1.82, 2.24) is 0 Å². The number of rotatable bonds is 3. The lowest BCUT2D eigenvalue weighted by atomic mass is 9.92. The lowest BCUT2D eigenvalue weighted by Gasteiger charge is -2.11. The minimum Gasteiger partial charge on any atom is -0.302 e. The van der Waals surface area contributed by atoms with Gasteiger partial charge in [-0.25, -0.2) is 0 Å². The Kier molecular flexibility index (Phi) is 3.60. The van der Waals surface area contributed by atoms with Crippen molar-refractivity contribution in [2.24, 2.45) is 0 Å². The van der Waals surface area contributed by atoms with Crippen LogP contribution in [0.1, 0.15) is 22.6 Å². The van der Waals surface area contributed by atoms with Crippen molar-refractivity contribution in [3.63, 3.8) is 0 Å². The zero-order chi connectivity index (χ0) is 12.3. The summed E-state index contributed by atoms with van der Waals surface area (Å²) in [6.07, 6.45) is 0.955. The van der Waals surface area contributed by atoms with Crippen LogP contribution < -0.4 is 0 Å². The van der Waals surface area contributed by atoms with E-state index in [1.165, 1.54) is 5.56 Å². The van der Waals surface area contributed by atoms with Gasteiger partial charge in [0.2, 0.25) is 0 Å². The summed E-state index contributed by atoms with van der Waals surface area (Å²) in [5, 5.41) is 0.654. The summed E-state index contributed by atoms with van der Waals surface area (Å²) in [4.78, 5) is 11.3. The number of hydrogen-bond acceptors (Lipinski definition) is 1. The third kappa shape index (κ3) is 2.75. The fourth-order valence-corrected chi connectivity index (χ4v) is 2.02. The first-order valence-corrected chi connectivity index (χ1v) is 5.86. The van der Waals surface area contributed by atoms with E-state index < -0.39 is 0 Å². The number of carbonyl (C=O) groups excluding carboxylic acids is 1. The van der Waals surface area contributed by atoms with Crippen molar-refractivity contribution in [3.05, 3.63) is 70.2 Å². The Morgan fingerprint density at radius 1 is 1.06 bits per heavy atom. The predicted molar refractivity (Wildman–Crippen MR) is 70.5 cm³/mol. The molecule has 0 saturated heterocycles. The molecule has 0 aliphatic heterocycles. The van der Waals surface area contributed by atoms with E-state index in [4.69, 9.17) is 11.6 Å². The lowest BCUT2D eigenvalue weighted by molar-refractivity contribution is -0.108. The molecule has 2 heteroatoms. The fraction of sp³-hybridized carbons (Fsp3) is 0.133. The average Bonchev–Trinajstić information content (AvgIpc) is 2.33. The van der Waals surface area contributed by atoms with Gasteiger partial charge in [0.1, 0.15) is 6.29 Å². The van der Waals surface area contributed by atoms with Crippen molar-refractivity contribution in [3.8, 4) is 0 Å². The molecule has 2 aromatic rings. The molecule has 2 rings (SSSR count). The highest BCUT2D eigenvalue weighted by Crippen LogP contribution is 2.25. The Hall–Kier alpha value is -1.60. The first-order valence-electron chi connectivity index (χ1n) is 5.48. The van der Waals surface area contributed by atoms with Gasteiger partial charge in [0.15, 0.2) is 0 Å². The molecule has 0 saturated carbocycles. The van der Waals surface area contributed by atoms with Gasteiger partial charge in [0, 0.05) is 5.02 Å². The normalized spacial score (nSPS) is 12.1. The minimum absolute atomic E-state index is 0.241. The number of carbonyl (C=O) groups is 1. The standard InChI is InChI=1S/C15H13ClO/c1-11-5-7-12(8-6-11)15(10-17)13-3-2-4-14(16)9-13/h2-10,15H,1H3. The van der Waals surface area contributed by atoms with Crippen molar-refractivity contribution in [2.45, 2.75) is 12.8 Å². The van der Waals surface area contributed by atoms with Crippen molar-refractivity contribution in [1.29, 1.82) is 0 Å². The van der Waals surface area contributed by atoms with Gasteiger partial charge < -0.3 is 4.79 Å². The molecule has 0 heterocycles. The molecule has 1 unspecified atom stereocenters. The fourth-order valence-electron chi connectivity index (χ4n) is 1.82. The van der Waals surface area contributed by atoms with E-state index in [1.54, 1.807) is 0 Å². The molecular formula is C15H13ClO. The molecule has 1 nitrogen and oxygen atoms in total. The molecule has 17 heavy (non-hydrogen) atoms. The summed E-state index contributed by atoms with van der Waals surface area (Å²) >= 11 is 5.94. The van der Waals surface area contributed by atoms with E-state index in [0.717, 1.165) is 17.4 Å². The third-order valence-electron chi connectivity index (χ3n) is 2.78. The van der Waals surface area contributed by atoms with Gasteiger partial charge in [-0.3, -0.25) is 0 Å². The molecule has 86 valence electrons. The number of hydrogen-bond donors (Lipinski definition) is 0. The van der Waals surface area contributed by atoms with E-state index in [1.807, 2.05) is 55.5 Å². The van der Waals surface area contributed by atoms with Crippen LogP contribution in [0.4, 0.5) is 0 Å². The summed E-state index contributed by atoms with van der Waals surface area (Å²) in [6, 6.07) is 15.4. The predicted octanol–water partition coefficient (Wildman–Crippen LogP) is 3.98. The van der Waals surface area contributed by atoms with Gasteiger partial charge in [-0.1, -0.05) is 53.6 Å². The van der Waals surface area contributed by atoms with Crippen LogP contribution in [-0.4, -0.2) is 6.29 Å². The second-order valence-electron chi connectivity index (χ2n) is 4.08. The Bertz CT molecular complexity index is 517. The van der Waals surface area contributed by atoms with Crippen LogP contribution >= 0.6 is 11.6 Å². The highest BCUT2D eigenvalue weighted by atomic mass is 35.5. The molecule has 0 N–H and O–H groups in total. The zero-order valence-corrected chi connectivity index (χ0v) is 10.3. The van der Waals surface area contributed by atoms with Crippen molar-refractivity contribution >= 4 is 17.9 Å². The third-order valence-corrected chi connectivity index (χ3v) is 3.02. The Morgan fingerprint density at radius 3 is 2.35 bits per heavy atom. The molecule has 0 bridgehead atoms. The number of halogens is 1. The lowest BCUT2D eigenvalue weighted by Crippen LogP contribution is -2.02. The number of aryl methyl sites for hydroxylation is 1. The molecular weight excluding hydrogens is 232 g/mol. The summed E-state index contributed by atoms with van der Waals surface area (Å²) in [7, 11) is 0. The van der Waals surface area contributed by atoms with Gasteiger partial charge in [-0.15, -0.1) is 0 Å². The molecule has 0 spiro atoms. The Labute approximate surface area is 106 Å². The van der Waals surface area contributed by atoms with Crippen LogP contribution in [0.25, 0.3) is 0 Å². The van der Waals surface area contributed by atoms with E-state index in [0.29, 0.717) is 5.02 Å².